The van der Waals surface area contributed by atoms with E-state index in [4.69, 9.17) is 21.7 Å². The summed E-state index contributed by atoms with van der Waals surface area (Å²) in [7, 11) is 0. The Morgan fingerprint density at radius 2 is 1.87 bits per heavy atom. The molecule has 0 saturated heterocycles. The number of fused-ring (bicyclic) bond motifs is 2. The van der Waals surface area contributed by atoms with Gasteiger partial charge in [0.1, 0.15) is 18.2 Å². The first-order valence-electron chi connectivity index (χ1n) is 12.1. The molecule has 0 fully saturated rings. The van der Waals surface area contributed by atoms with Gasteiger partial charge in [-0.2, -0.15) is 4.99 Å². The summed E-state index contributed by atoms with van der Waals surface area (Å²) in [5, 5.41) is 13.1. The summed E-state index contributed by atoms with van der Waals surface area (Å²) in [6, 6.07) is 23.5. The molecule has 1 N–H and O–H groups in total. The second kappa shape index (κ2) is 10.0. The van der Waals surface area contributed by atoms with E-state index < -0.39 is 5.91 Å². The van der Waals surface area contributed by atoms with Crippen LogP contribution in [-0.2, 0) is 11.3 Å². The minimum Gasteiger partial charge on any atom is -0.492 e. The molecule has 2 aliphatic heterocycles. The fourth-order valence-electron chi connectivity index (χ4n) is 4.61. The molecule has 0 aliphatic carbocycles. The fourth-order valence-corrected chi connectivity index (χ4v) is 5.62. The maximum atomic E-state index is 13.0. The molecule has 4 aromatic rings. The van der Waals surface area contributed by atoms with Gasteiger partial charge < -0.3 is 9.30 Å². The van der Waals surface area contributed by atoms with Gasteiger partial charge >= 0.3 is 0 Å². The van der Waals surface area contributed by atoms with Gasteiger partial charge in [-0.05, 0) is 48.4 Å². The first kappa shape index (κ1) is 24.3. The van der Waals surface area contributed by atoms with Gasteiger partial charge in [0.2, 0.25) is 0 Å². The number of halogens is 1. The Morgan fingerprint density at radius 3 is 2.68 bits per heavy atom. The molecule has 0 radical (unpaired) electrons. The summed E-state index contributed by atoms with van der Waals surface area (Å²) < 4.78 is 8.08. The van der Waals surface area contributed by atoms with Crippen LogP contribution in [0.2, 0.25) is 5.02 Å². The van der Waals surface area contributed by atoms with E-state index in [0.717, 1.165) is 39.0 Å². The maximum Gasteiger partial charge on any atom is 0.283 e. The van der Waals surface area contributed by atoms with Crippen molar-refractivity contribution in [2.45, 2.75) is 13.5 Å². The van der Waals surface area contributed by atoms with Crippen molar-refractivity contribution in [2.75, 3.05) is 6.61 Å². The number of benzene rings is 3. The third-order valence-corrected chi connectivity index (χ3v) is 7.78. The molecule has 0 bridgehead atoms. The van der Waals surface area contributed by atoms with Gasteiger partial charge in [0.15, 0.2) is 5.17 Å². The van der Waals surface area contributed by atoms with E-state index in [0.29, 0.717) is 23.3 Å². The van der Waals surface area contributed by atoms with E-state index >= 15 is 0 Å². The number of para-hydroxylation sites is 1. The van der Waals surface area contributed by atoms with E-state index in [1.54, 1.807) is 11.0 Å². The van der Waals surface area contributed by atoms with Crippen molar-refractivity contribution in [1.29, 1.82) is 5.41 Å². The van der Waals surface area contributed by atoms with Gasteiger partial charge in [-0.3, -0.25) is 15.1 Å². The second-order valence-electron chi connectivity index (χ2n) is 8.98. The molecule has 6 nitrogen and oxygen atoms in total. The normalized spacial score (nSPS) is 16.2. The average Bonchev–Trinajstić information content (AvgIpc) is 3.51. The molecule has 3 aromatic carbocycles. The highest BCUT2D eigenvalue weighted by Crippen LogP contribution is 2.37. The Labute approximate surface area is 229 Å². The van der Waals surface area contributed by atoms with Gasteiger partial charge in [0.05, 0.1) is 17.8 Å². The SMILES string of the molecule is Cc1cc(OCCn2cc(C=C3C(=N)N4C(c5ccccc5)=CSC4=NC3=O)c3ccccc32)ccc1Cl. The number of amidine groups is 2. The highest BCUT2D eigenvalue weighted by atomic mass is 35.5. The van der Waals surface area contributed by atoms with E-state index in [1.165, 1.54) is 11.8 Å². The lowest BCUT2D eigenvalue weighted by atomic mass is 10.1. The third kappa shape index (κ3) is 4.44. The lowest BCUT2D eigenvalue weighted by Gasteiger charge is -2.26. The number of aliphatic imine (C=N–C) groups is 1. The molecule has 0 spiro atoms. The van der Waals surface area contributed by atoms with Gasteiger partial charge in [-0.1, -0.05) is 71.9 Å². The van der Waals surface area contributed by atoms with E-state index in [-0.39, 0.29) is 11.4 Å². The van der Waals surface area contributed by atoms with Crippen LogP contribution in [0.15, 0.2) is 95.0 Å². The molecular formula is C30H23ClN4O2S. The zero-order valence-electron chi connectivity index (χ0n) is 20.5. The second-order valence-corrected chi connectivity index (χ2v) is 10.2. The lowest BCUT2D eigenvalue weighted by Crippen LogP contribution is -2.38. The molecule has 188 valence electrons. The quantitative estimate of drug-likeness (QED) is 0.269. The topological polar surface area (TPSA) is 70.7 Å². The van der Waals surface area contributed by atoms with Crippen LogP contribution >= 0.6 is 23.4 Å². The van der Waals surface area contributed by atoms with Gasteiger partial charge in [-0.25, -0.2) is 0 Å². The number of nitrogens with one attached hydrogen (secondary N) is 1. The van der Waals surface area contributed by atoms with E-state index in [9.17, 15) is 4.79 Å². The van der Waals surface area contributed by atoms with Crippen molar-refractivity contribution in [3.05, 3.63) is 112 Å². The lowest BCUT2D eigenvalue weighted by molar-refractivity contribution is -0.114. The van der Waals surface area contributed by atoms with Crippen molar-refractivity contribution >= 4 is 62.9 Å². The third-order valence-electron chi connectivity index (χ3n) is 6.53. The van der Waals surface area contributed by atoms with Crippen molar-refractivity contribution in [2.24, 2.45) is 4.99 Å². The first-order valence-corrected chi connectivity index (χ1v) is 13.4. The van der Waals surface area contributed by atoms with Crippen LogP contribution < -0.4 is 4.74 Å². The molecule has 38 heavy (non-hydrogen) atoms. The number of carbonyl (C=O) groups excluding carboxylic acids is 1. The van der Waals surface area contributed by atoms with Crippen LogP contribution in [0.4, 0.5) is 0 Å². The largest absolute Gasteiger partial charge is 0.492 e. The Balaban J connectivity index is 1.29. The summed E-state index contributed by atoms with van der Waals surface area (Å²) >= 11 is 7.49. The van der Waals surface area contributed by atoms with Crippen LogP contribution in [0.1, 0.15) is 16.7 Å². The van der Waals surface area contributed by atoms with E-state index in [2.05, 4.69) is 9.56 Å². The first-order chi connectivity index (χ1) is 18.5. The number of nitrogens with zero attached hydrogens (tertiary/aromatic N) is 3. The number of aromatic nitrogens is 1. The van der Waals surface area contributed by atoms with Crippen LogP contribution in [0, 0.1) is 12.3 Å². The summed E-state index contributed by atoms with van der Waals surface area (Å²) in [6.45, 7) is 3.03. The van der Waals surface area contributed by atoms with Crippen LogP contribution in [-0.4, -0.2) is 33.0 Å². The van der Waals surface area contributed by atoms with Gasteiger partial charge in [-0.15, -0.1) is 0 Å². The Bertz CT molecular complexity index is 1690. The molecule has 6 rings (SSSR count). The minimum absolute atomic E-state index is 0.123. The Kier molecular flexibility index (Phi) is 6.39. The summed E-state index contributed by atoms with van der Waals surface area (Å²) in [4.78, 5) is 19.1. The minimum atomic E-state index is -0.408. The molecule has 1 amide bonds. The molecule has 3 heterocycles. The summed E-state index contributed by atoms with van der Waals surface area (Å²) in [5.74, 6) is 0.486. The zero-order valence-corrected chi connectivity index (χ0v) is 22.1. The Hall–Kier alpha value is -4.07. The van der Waals surface area contributed by atoms with Crippen LogP contribution in [0.5, 0.6) is 5.75 Å². The molecule has 0 atom stereocenters. The predicted octanol–water partition coefficient (Wildman–Crippen LogP) is 6.99. The molecular weight excluding hydrogens is 516 g/mol. The number of rotatable bonds is 6. The zero-order chi connectivity index (χ0) is 26.2. The summed E-state index contributed by atoms with van der Waals surface area (Å²) in [6.07, 6.45) is 3.78. The monoisotopic (exact) mass is 538 g/mol. The fraction of sp³-hybridized carbons (Fsp3) is 0.100. The van der Waals surface area contributed by atoms with E-state index in [1.807, 2.05) is 91.3 Å². The van der Waals surface area contributed by atoms with Crippen molar-refractivity contribution in [1.82, 2.24) is 9.47 Å². The highest BCUT2D eigenvalue weighted by Gasteiger charge is 2.36. The molecule has 0 unspecified atom stereocenters. The van der Waals surface area contributed by atoms with Gasteiger partial charge in [0.25, 0.3) is 5.91 Å². The molecule has 8 heteroatoms. The number of amides is 1. The van der Waals surface area contributed by atoms with Crippen LogP contribution in [0.3, 0.4) is 0 Å². The van der Waals surface area contributed by atoms with Gasteiger partial charge in [0, 0.05) is 33.1 Å². The number of hydrogen-bond acceptors (Lipinski definition) is 4. The summed E-state index contributed by atoms with van der Waals surface area (Å²) in [5.41, 5.74) is 4.92. The molecule has 1 aromatic heterocycles. The smallest absolute Gasteiger partial charge is 0.283 e. The standard InChI is InChI=1S/C30H23ClN4O2S/c1-19-15-22(11-12-25(19)31)37-14-13-34-17-21(23-9-5-6-10-26(23)34)16-24-28(32)35-27(20-7-3-2-4-8-20)18-38-30(35)33-29(24)36/h2-12,15-18,32H,13-14H2,1H3. The number of carbonyl (C=O) groups is 1. The molecule has 2 aliphatic rings. The van der Waals surface area contributed by atoms with Crippen molar-refractivity contribution < 1.29 is 9.53 Å². The van der Waals surface area contributed by atoms with Crippen molar-refractivity contribution in [3.8, 4) is 5.75 Å². The number of aryl methyl sites for hydroxylation is 1. The van der Waals surface area contributed by atoms with Crippen molar-refractivity contribution in [3.63, 3.8) is 0 Å². The number of hydrogen-bond donors (Lipinski definition) is 1. The number of ether oxygens (including phenoxy) is 1. The average molecular weight is 539 g/mol. The van der Waals surface area contributed by atoms with Crippen LogP contribution in [0.25, 0.3) is 22.7 Å². The Morgan fingerprint density at radius 1 is 1.08 bits per heavy atom. The maximum absolute atomic E-state index is 13.0. The molecule has 0 saturated carbocycles. The highest BCUT2D eigenvalue weighted by molar-refractivity contribution is 8.17. The predicted molar refractivity (Wildman–Crippen MR) is 156 cm³/mol. The number of thioether (sulfide) groups is 1.